The lowest BCUT2D eigenvalue weighted by Crippen LogP contribution is -3.14. The van der Waals surface area contributed by atoms with Crippen LogP contribution in [0.2, 0.25) is 0 Å². The van der Waals surface area contributed by atoms with E-state index in [1.807, 2.05) is 0 Å². The predicted octanol–water partition coefficient (Wildman–Crippen LogP) is 0.948. The molecule has 1 aliphatic heterocycles. The molecule has 9 heteroatoms. The average molecular weight is 368 g/mol. The van der Waals surface area contributed by atoms with Gasteiger partial charge in [0.1, 0.15) is 5.52 Å². The first-order valence-corrected chi connectivity index (χ1v) is 8.95. The maximum atomic E-state index is 12.8. The van der Waals surface area contributed by atoms with Crippen LogP contribution in [-0.4, -0.2) is 46.6 Å². The number of alkyl halides is 3. The van der Waals surface area contributed by atoms with Gasteiger partial charge in [-0.3, -0.25) is 4.79 Å². The number of nitrogens with one attached hydrogen (secondary N) is 2. The summed E-state index contributed by atoms with van der Waals surface area (Å²) in [5, 5.41) is 11.0. The van der Waals surface area contributed by atoms with Crippen LogP contribution in [0.15, 0.2) is 18.2 Å². The van der Waals surface area contributed by atoms with Gasteiger partial charge in [0, 0.05) is 18.9 Å². The Labute approximate surface area is 148 Å². The molecule has 1 saturated heterocycles. The molecule has 1 aromatic heterocycles. The van der Waals surface area contributed by atoms with Gasteiger partial charge < -0.3 is 10.2 Å². The second-order valence-corrected chi connectivity index (χ2v) is 7.24. The zero-order chi connectivity index (χ0) is 18.3. The zero-order valence-corrected chi connectivity index (χ0v) is 14.2. The molecule has 4 rings (SSSR count). The topological polar surface area (TPSA) is 64.2 Å². The van der Waals surface area contributed by atoms with Gasteiger partial charge in [-0.1, -0.05) is 5.21 Å². The highest BCUT2D eigenvalue weighted by Crippen LogP contribution is 2.31. The molecule has 2 fully saturated rings. The van der Waals surface area contributed by atoms with Gasteiger partial charge >= 0.3 is 6.18 Å². The molecule has 0 radical (unpaired) electrons. The lowest BCUT2D eigenvalue weighted by atomic mass is 10.0. The zero-order valence-electron chi connectivity index (χ0n) is 14.2. The lowest BCUT2D eigenvalue weighted by Gasteiger charge is -2.29. The number of carbonyl (C=O) groups is 1. The summed E-state index contributed by atoms with van der Waals surface area (Å²) in [6, 6.07) is 4.04. The fourth-order valence-corrected chi connectivity index (χ4v) is 3.55. The Kier molecular flexibility index (Phi) is 4.34. The van der Waals surface area contributed by atoms with Crippen LogP contribution in [0.4, 0.5) is 13.2 Å². The number of quaternary nitrogens is 1. The standard InChI is InChI=1S/C17H20F3N5O/c18-17(19,20)11-1-4-15-14(9-11)22-23-25(15)13-5-7-24(8-6-13)10-16(26)21-12-2-3-12/h1,4,9,12-13H,2-3,5-8,10H2,(H,21,26)/p+1. The average Bonchev–Trinajstić information content (AvgIpc) is 3.30. The fourth-order valence-electron chi connectivity index (χ4n) is 3.55. The summed E-state index contributed by atoms with van der Waals surface area (Å²) in [4.78, 5) is 13.1. The minimum atomic E-state index is -4.38. The SMILES string of the molecule is O=C(C[NH+]1CCC(n2nnc3cc(C(F)(F)F)ccc32)CC1)NC1CC1. The summed E-state index contributed by atoms with van der Waals surface area (Å²) in [6.07, 6.45) is -0.568. The van der Waals surface area contributed by atoms with Crippen molar-refractivity contribution in [1.29, 1.82) is 0 Å². The molecule has 0 unspecified atom stereocenters. The number of piperidine rings is 1. The maximum absolute atomic E-state index is 12.8. The number of likely N-dealkylation sites (tertiary alicyclic amines) is 1. The molecule has 1 saturated carbocycles. The molecule has 0 bridgehead atoms. The van der Waals surface area contributed by atoms with Crippen LogP contribution >= 0.6 is 0 Å². The number of halogens is 3. The van der Waals surface area contributed by atoms with E-state index in [9.17, 15) is 18.0 Å². The smallest absolute Gasteiger partial charge is 0.348 e. The highest BCUT2D eigenvalue weighted by molar-refractivity contribution is 5.77. The van der Waals surface area contributed by atoms with Gasteiger partial charge in [-0.2, -0.15) is 13.2 Å². The summed E-state index contributed by atoms with van der Waals surface area (Å²) >= 11 is 0. The molecule has 2 N–H and O–H groups in total. The number of amides is 1. The van der Waals surface area contributed by atoms with Crippen molar-refractivity contribution in [3.63, 3.8) is 0 Å². The van der Waals surface area contributed by atoms with Gasteiger partial charge in [0.25, 0.3) is 5.91 Å². The quantitative estimate of drug-likeness (QED) is 0.845. The number of rotatable bonds is 4. The molecular formula is C17H21F3N5O+. The normalized spacial score (nSPS) is 24.0. The molecule has 1 amide bonds. The van der Waals surface area contributed by atoms with Crippen LogP contribution in [0.5, 0.6) is 0 Å². The van der Waals surface area contributed by atoms with Crippen molar-refractivity contribution in [2.24, 2.45) is 0 Å². The summed E-state index contributed by atoms with van der Waals surface area (Å²) in [5.41, 5.74) is 0.175. The summed E-state index contributed by atoms with van der Waals surface area (Å²) < 4.78 is 40.2. The monoisotopic (exact) mass is 368 g/mol. The Bertz CT molecular complexity index is 806. The van der Waals surface area contributed by atoms with Gasteiger partial charge in [-0.05, 0) is 31.0 Å². The maximum Gasteiger partial charge on any atom is 0.416 e. The highest BCUT2D eigenvalue weighted by atomic mass is 19.4. The Morgan fingerprint density at radius 3 is 2.62 bits per heavy atom. The second kappa shape index (κ2) is 6.53. The molecule has 2 aliphatic rings. The first kappa shape index (κ1) is 17.3. The van der Waals surface area contributed by atoms with E-state index in [0.717, 1.165) is 50.9 Å². The first-order valence-electron chi connectivity index (χ1n) is 8.95. The van der Waals surface area contributed by atoms with E-state index in [2.05, 4.69) is 15.6 Å². The predicted molar refractivity (Wildman–Crippen MR) is 87.5 cm³/mol. The molecule has 1 aromatic carbocycles. The molecule has 1 aliphatic carbocycles. The number of carbonyl (C=O) groups excluding carboxylic acids is 1. The third-order valence-electron chi connectivity index (χ3n) is 5.16. The van der Waals surface area contributed by atoms with Gasteiger partial charge in [0.2, 0.25) is 0 Å². The molecular weight excluding hydrogens is 347 g/mol. The van der Waals surface area contributed by atoms with Crippen molar-refractivity contribution in [1.82, 2.24) is 20.3 Å². The van der Waals surface area contributed by atoms with Crippen molar-refractivity contribution in [3.05, 3.63) is 23.8 Å². The minimum absolute atomic E-state index is 0.104. The lowest BCUT2D eigenvalue weighted by molar-refractivity contribution is -0.897. The number of aromatic nitrogens is 3. The van der Waals surface area contributed by atoms with Crippen molar-refractivity contribution < 1.29 is 22.9 Å². The molecule has 6 nitrogen and oxygen atoms in total. The Hall–Kier alpha value is -2.16. The van der Waals surface area contributed by atoms with Crippen molar-refractivity contribution in [2.75, 3.05) is 19.6 Å². The van der Waals surface area contributed by atoms with Gasteiger partial charge in [0.15, 0.2) is 6.54 Å². The molecule has 2 heterocycles. The summed E-state index contributed by atoms with van der Waals surface area (Å²) in [7, 11) is 0. The molecule has 140 valence electrons. The largest absolute Gasteiger partial charge is 0.416 e. The summed E-state index contributed by atoms with van der Waals surface area (Å²) in [6.45, 7) is 2.16. The molecule has 26 heavy (non-hydrogen) atoms. The van der Waals surface area contributed by atoms with E-state index in [0.29, 0.717) is 18.1 Å². The van der Waals surface area contributed by atoms with Crippen LogP contribution in [-0.2, 0) is 11.0 Å². The molecule has 2 aromatic rings. The first-order chi connectivity index (χ1) is 12.4. The number of hydrogen-bond acceptors (Lipinski definition) is 3. The van der Waals surface area contributed by atoms with E-state index in [1.165, 1.54) is 11.0 Å². The minimum Gasteiger partial charge on any atom is -0.348 e. The number of nitrogens with zero attached hydrogens (tertiary/aromatic N) is 3. The Morgan fingerprint density at radius 2 is 1.96 bits per heavy atom. The van der Waals surface area contributed by atoms with Crippen molar-refractivity contribution in [2.45, 2.75) is 43.9 Å². The third-order valence-corrected chi connectivity index (χ3v) is 5.16. The molecule has 0 spiro atoms. The van der Waals surface area contributed by atoms with Crippen LogP contribution in [0, 0.1) is 0 Å². The van der Waals surface area contributed by atoms with Crippen LogP contribution < -0.4 is 10.2 Å². The van der Waals surface area contributed by atoms with Gasteiger partial charge in [0.05, 0.1) is 30.2 Å². The Morgan fingerprint density at radius 1 is 1.23 bits per heavy atom. The van der Waals surface area contributed by atoms with Crippen LogP contribution in [0.25, 0.3) is 11.0 Å². The van der Waals surface area contributed by atoms with Gasteiger partial charge in [-0.25, -0.2) is 4.68 Å². The van der Waals surface area contributed by atoms with Crippen LogP contribution in [0.1, 0.15) is 37.3 Å². The fraction of sp³-hybridized carbons (Fsp3) is 0.588. The van der Waals surface area contributed by atoms with E-state index in [1.54, 1.807) is 4.68 Å². The summed E-state index contributed by atoms with van der Waals surface area (Å²) in [5.74, 6) is 0.104. The van der Waals surface area contributed by atoms with Gasteiger partial charge in [-0.15, -0.1) is 5.10 Å². The molecule has 0 atom stereocenters. The number of hydrogen-bond donors (Lipinski definition) is 2. The van der Waals surface area contributed by atoms with Crippen LogP contribution in [0.3, 0.4) is 0 Å². The van der Waals surface area contributed by atoms with Crippen molar-refractivity contribution in [3.8, 4) is 0 Å². The van der Waals surface area contributed by atoms with E-state index < -0.39 is 11.7 Å². The van der Waals surface area contributed by atoms with E-state index in [-0.39, 0.29) is 17.5 Å². The van der Waals surface area contributed by atoms with E-state index in [4.69, 9.17) is 0 Å². The van der Waals surface area contributed by atoms with E-state index >= 15 is 0 Å². The third kappa shape index (κ3) is 3.67. The Balaban J connectivity index is 1.40. The second-order valence-electron chi connectivity index (χ2n) is 7.24. The van der Waals surface area contributed by atoms with Crippen molar-refractivity contribution >= 4 is 16.9 Å². The number of benzene rings is 1. The number of fused-ring (bicyclic) bond motifs is 1. The highest BCUT2D eigenvalue weighted by Gasteiger charge is 2.32.